The molecule has 0 fully saturated rings. The van der Waals surface area contributed by atoms with E-state index in [-0.39, 0.29) is 0 Å². The highest BCUT2D eigenvalue weighted by molar-refractivity contribution is 9.11. The number of aromatic nitrogens is 1. The van der Waals surface area contributed by atoms with E-state index in [4.69, 9.17) is 0 Å². The van der Waals surface area contributed by atoms with Gasteiger partial charge in [-0.05, 0) is 68.1 Å². The van der Waals surface area contributed by atoms with Crippen molar-refractivity contribution < 1.29 is 0 Å². The molecule has 2 rings (SSSR count). The van der Waals surface area contributed by atoms with Crippen LogP contribution in [0.5, 0.6) is 0 Å². The van der Waals surface area contributed by atoms with E-state index >= 15 is 0 Å². The maximum atomic E-state index is 4.40. The molecular formula is C12H12Br2N2S. The Morgan fingerprint density at radius 1 is 1.41 bits per heavy atom. The molecule has 0 aliphatic carbocycles. The maximum Gasteiger partial charge on any atom is 0.0701 e. The summed E-state index contributed by atoms with van der Waals surface area (Å²) >= 11 is 8.60. The van der Waals surface area contributed by atoms with Crippen LogP contribution in [0.1, 0.15) is 17.3 Å². The Morgan fingerprint density at radius 2 is 2.24 bits per heavy atom. The standard InChI is InChI=1S/C12H12Br2N2S/c1-15-11(8-4-12(14)17-7-8)5-10-3-2-9(13)6-16-10/h2-4,6-7,11,15H,5H2,1H3. The first kappa shape index (κ1) is 13.2. The number of pyridine rings is 1. The first-order chi connectivity index (χ1) is 8.19. The lowest BCUT2D eigenvalue weighted by Gasteiger charge is -2.14. The summed E-state index contributed by atoms with van der Waals surface area (Å²) < 4.78 is 2.18. The van der Waals surface area contributed by atoms with Crippen molar-refractivity contribution in [1.82, 2.24) is 10.3 Å². The van der Waals surface area contributed by atoms with Crippen molar-refractivity contribution in [3.8, 4) is 0 Å². The van der Waals surface area contributed by atoms with Gasteiger partial charge >= 0.3 is 0 Å². The topological polar surface area (TPSA) is 24.9 Å². The third-order valence-corrected chi connectivity index (χ3v) is 4.53. The Labute approximate surface area is 122 Å². The molecule has 1 atom stereocenters. The molecule has 0 aromatic carbocycles. The van der Waals surface area contributed by atoms with Crippen LogP contribution in [-0.2, 0) is 6.42 Å². The number of nitrogens with zero attached hydrogens (tertiary/aromatic N) is 1. The maximum absolute atomic E-state index is 4.40. The van der Waals surface area contributed by atoms with E-state index in [1.807, 2.05) is 19.3 Å². The molecule has 2 nitrogen and oxygen atoms in total. The van der Waals surface area contributed by atoms with Gasteiger partial charge in [0, 0.05) is 28.8 Å². The first-order valence-corrected chi connectivity index (χ1v) is 7.67. The number of rotatable bonds is 4. The minimum atomic E-state index is 0.311. The van der Waals surface area contributed by atoms with Gasteiger partial charge in [-0.15, -0.1) is 11.3 Å². The summed E-state index contributed by atoms with van der Waals surface area (Å²) in [5, 5.41) is 5.50. The molecule has 0 amide bonds. The van der Waals surface area contributed by atoms with Crippen LogP contribution < -0.4 is 5.32 Å². The molecule has 1 N–H and O–H groups in total. The molecule has 1 unspecified atom stereocenters. The van der Waals surface area contributed by atoms with Gasteiger partial charge in [0.25, 0.3) is 0 Å². The monoisotopic (exact) mass is 374 g/mol. The highest BCUT2D eigenvalue weighted by Gasteiger charge is 2.12. The molecule has 0 aliphatic heterocycles. The first-order valence-electron chi connectivity index (χ1n) is 5.20. The lowest BCUT2D eigenvalue weighted by molar-refractivity contribution is 0.586. The molecule has 2 aromatic rings. The summed E-state index contributed by atoms with van der Waals surface area (Å²) in [6.07, 6.45) is 2.73. The average molecular weight is 376 g/mol. The molecule has 0 bridgehead atoms. The van der Waals surface area contributed by atoms with Crippen LogP contribution >= 0.6 is 43.2 Å². The van der Waals surface area contributed by atoms with Crippen LogP contribution in [0.25, 0.3) is 0 Å². The Bertz CT molecular complexity index is 482. The Hall–Kier alpha value is -0.230. The molecule has 90 valence electrons. The largest absolute Gasteiger partial charge is 0.313 e. The van der Waals surface area contributed by atoms with Gasteiger partial charge < -0.3 is 5.32 Å². The lowest BCUT2D eigenvalue weighted by atomic mass is 10.1. The highest BCUT2D eigenvalue weighted by Crippen LogP contribution is 2.27. The zero-order chi connectivity index (χ0) is 12.3. The fraction of sp³-hybridized carbons (Fsp3) is 0.250. The third kappa shape index (κ3) is 3.61. The van der Waals surface area contributed by atoms with Gasteiger partial charge in [-0.25, -0.2) is 0 Å². The van der Waals surface area contributed by atoms with E-state index in [2.05, 4.69) is 59.7 Å². The number of halogens is 2. The van der Waals surface area contributed by atoms with Crippen molar-refractivity contribution in [3.63, 3.8) is 0 Å². The van der Waals surface area contributed by atoms with Crippen molar-refractivity contribution in [3.05, 3.63) is 49.3 Å². The normalized spacial score (nSPS) is 12.6. The van der Waals surface area contributed by atoms with E-state index in [1.54, 1.807) is 11.3 Å². The summed E-state index contributed by atoms with van der Waals surface area (Å²) in [7, 11) is 1.98. The fourth-order valence-corrected chi connectivity index (χ4v) is 3.09. The molecule has 2 heterocycles. The van der Waals surface area contributed by atoms with E-state index in [9.17, 15) is 0 Å². The van der Waals surface area contributed by atoms with Crippen molar-refractivity contribution >= 4 is 43.2 Å². The van der Waals surface area contributed by atoms with Crippen molar-refractivity contribution in [1.29, 1.82) is 0 Å². The minimum absolute atomic E-state index is 0.311. The van der Waals surface area contributed by atoms with Gasteiger partial charge in [0.2, 0.25) is 0 Å². The van der Waals surface area contributed by atoms with Crippen LogP contribution in [0.3, 0.4) is 0 Å². The van der Waals surface area contributed by atoms with Crippen LogP contribution in [0.4, 0.5) is 0 Å². The zero-order valence-corrected chi connectivity index (χ0v) is 13.3. The van der Waals surface area contributed by atoms with Gasteiger partial charge in [-0.2, -0.15) is 0 Å². The Morgan fingerprint density at radius 3 is 2.76 bits per heavy atom. The Balaban J connectivity index is 2.12. The zero-order valence-electron chi connectivity index (χ0n) is 9.28. The van der Waals surface area contributed by atoms with Gasteiger partial charge in [0.1, 0.15) is 0 Å². The second-order valence-corrected chi connectivity index (χ2v) is 6.90. The molecule has 0 saturated carbocycles. The predicted octanol–water partition coefficient (Wildman–Crippen LogP) is 4.17. The molecule has 17 heavy (non-hydrogen) atoms. The highest BCUT2D eigenvalue weighted by atomic mass is 79.9. The number of nitrogens with one attached hydrogen (secondary N) is 1. The van der Waals surface area contributed by atoms with Gasteiger partial charge in [-0.1, -0.05) is 0 Å². The van der Waals surface area contributed by atoms with E-state index in [0.29, 0.717) is 6.04 Å². The van der Waals surface area contributed by atoms with Gasteiger partial charge in [-0.3, -0.25) is 4.98 Å². The number of hydrogen-bond donors (Lipinski definition) is 1. The van der Waals surface area contributed by atoms with E-state index in [1.165, 1.54) is 5.56 Å². The summed E-state index contributed by atoms with van der Waals surface area (Å²) in [4.78, 5) is 4.40. The molecule has 0 spiro atoms. The van der Waals surface area contributed by atoms with Crippen LogP contribution in [0.2, 0.25) is 0 Å². The molecule has 0 aliphatic rings. The second kappa shape index (κ2) is 6.09. The van der Waals surface area contributed by atoms with Gasteiger partial charge in [0.05, 0.1) is 3.79 Å². The molecular weight excluding hydrogens is 364 g/mol. The summed E-state index contributed by atoms with van der Waals surface area (Å²) in [5.41, 5.74) is 2.39. The van der Waals surface area contributed by atoms with Crippen molar-refractivity contribution in [2.75, 3.05) is 7.05 Å². The molecule has 0 radical (unpaired) electrons. The molecule has 0 saturated heterocycles. The summed E-state index contributed by atoms with van der Waals surface area (Å²) in [6.45, 7) is 0. The summed E-state index contributed by atoms with van der Waals surface area (Å²) in [6, 6.07) is 6.55. The minimum Gasteiger partial charge on any atom is -0.313 e. The van der Waals surface area contributed by atoms with Crippen LogP contribution in [0, 0.1) is 0 Å². The Kier molecular flexibility index (Phi) is 4.73. The van der Waals surface area contributed by atoms with E-state index in [0.717, 1.165) is 20.4 Å². The third-order valence-electron chi connectivity index (χ3n) is 2.54. The summed E-state index contributed by atoms with van der Waals surface area (Å²) in [5.74, 6) is 0. The number of thiophene rings is 1. The quantitative estimate of drug-likeness (QED) is 0.867. The second-order valence-electron chi connectivity index (χ2n) is 3.70. The van der Waals surface area contributed by atoms with E-state index < -0.39 is 0 Å². The van der Waals surface area contributed by atoms with Crippen molar-refractivity contribution in [2.45, 2.75) is 12.5 Å². The van der Waals surface area contributed by atoms with Gasteiger partial charge in [0.15, 0.2) is 0 Å². The number of likely N-dealkylation sites (N-methyl/N-ethyl adjacent to an activating group) is 1. The number of hydrogen-bond acceptors (Lipinski definition) is 3. The van der Waals surface area contributed by atoms with Crippen LogP contribution in [0.15, 0.2) is 38.0 Å². The van der Waals surface area contributed by atoms with Crippen LogP contribution in [-0.4, -0.2) is 12.0 Å². The predicted molar refractivity (Wildman–Crippen MR) is 79.5 cm³/mol. The smallest absolute Gasteiger partial charge is 0.0701 e. The fourth-order valence-electron chi connectivity index (χ4n) is 1.63. The molecule has 2 aromatic heterocycles. The lowest BCUT2D eigenvalue weighted by Crippen LogP contribution is -2.18. The average Bonchev–Trinajstić information content (AvgIpc) is 2.75. The molecule has 5 heteroatoms. The van der Waals surface area contributed by atoms with Crippen molar-refractivity contribution in [2.24, 2.45) is 0 Å². The SMILES string of the molecule is CNC(Cc1ccc(Br)cn1)c1csc(Br)c1.